The molecule has 0 bridgehead atoms. The van der Waals surface area contributed by atoms with Crippen molar-refractivity contribution in [1.82, 2.24) is 4.98 Å². The fourth-order valence-corrected chi connectivity index (χ4v) is 2.20. The van der Waals surface area contributed by atoms with Crippen LogP contribution in [0.25, 0.3) is 0 Å². The van der Waals surface area contributed by atoms with Crippen LogP contribution in [0.1, 0.15) is 45.4 Å². The lowest BCUT2D eigenvalue weighted by molar-refractivity contribution is 0.194. The van der Waals surface area contributed by atoms with Gasteiger partial charge in [0, 0.05) is 13.1 Å². The summed E-state index contributed by atoms with van der Waals surface area (Å²) in [6.45, 7) is 8.61. The molecule has 0 radical (unpaired) electrons. The Bertz CT molecular complexity index is 360. The van der Waals surface area contributed by atoms with Gasteiger partial charge in [-0.05, 0) is 37.3 Å². The third-order valence-electron chi connectivity index (χ3n) is 3.68. The molecule has 1 aromatic heterocycles. The Morgan fingerprint density at radius 1 is 1.29 bits per heavy atom. The summed E-state index contributed by atoms with van der Waals surface area (Å²) in [5, 5.41) is 9.42. The van der Waals surface area contributed by atoms with Crippen molar-refractivity contribution < 1.29 is 5.11 Å². The molecule has 0 unspecified atom stereocenters. The lowest BCUT2D eigenvalue weighted by Crippen LogP contribution is -2.37. The minimum absolute atomic E-state index is 0.476. The zero-order valence-electron chi connectivity index (χ0n) is 11.0. The highest BCUT2D eigenvalue weighted by atomic mass is 16.3. The Morgan fingerprint density at radius 3 is 2.41 bits per heavy atom. The van der Waals surface area contributed by atoms with Crippen molar-refractivity contribution in [2.75, 3.05) is 18.0 Å². The first-order valence-corrected chi connectivity index (χ1v) is 6.37. The largest absolute Gasteiger partial charge is 0.387 e. The molecule has 17 heavy (non-hydrogen) atoms. The van der Waals surface area contributed by atoms with E-state index in [-0.39, 0.29) is 0 Å². The molecule has 2 heterocycles. The summed E-state index contributed by atoms with van der Waals surface area (Å²) in [7, 11) is 0. The minimum Gasteiger partial charge on any atom is -0.387 e. The predicted molar refractivity (Wildman–Crippen MR) is 70.1 cm³/mol. The molecule has 94 valence electrons. The van der Waals surface area contributed by atoms with Crippen LogP contribution in [0, 0.1) is 5.41 Å². The van der Waals surface area contributed by atoms with Crippen LogP contribution in [0.5, 0.6) is 0 Å². The van der Waals surface area contributed by atoms with Gasteiger partial charge in [0.25, 0.3) is 0 Å². The molecule has 0 spiro atoms. The molecule has 1 aromatic rings. The van der Waals surface area contributed by atoms with Gasteiger partial charge in [-0.3, -0.25) is 4.98 Å². The highest BCUT2D eigenvalue weighted by molar-refractivity contribution is 5.45. The molecule has 0 aliphatic carbocycles. The molecule has 3 heteroatoms. The molecule has 1 aliphatic rings. The second-order valence-corrected chi connectivity index (χ2v) is 5.77. The van der Waals surface area contributed by atoms with Gasteiger partial charge in [0.15, 0.2) is 0 Å². The Hall–Kier alpha value is -1.09. The molecule has 1 aliphatic heterocycles. The van der Waals surface area contributed by atoms with Crippen LogP contribution in [-0.2, 0) is 0 Å². The number of aliphatic hydroxyl groups excluding tert-OH is 1. The minimum atomic E-state index is -0.482. The number of pyridine rings is 1. The molecule has 0 amide bonds. The Labute approximate surface area is 103 Å². The van der Waals surface area contributed by atoms with Crippen LogP contribution in [-0.4, -0.2) is 23.2 Å². The molecule has 0 aromatic carbocycles. The molecular formula is C14H22N2O. The van der Waals surface area contributed by atoms with Crippen LogP contribution >= 0.6 is 0 Å². The van der Waals surface area contributed by atoms with E-state index in [1.165, 1.54) is 18.5 Å². The SMILES string of the molecule is C[C@H](O)c1ccc(N2CCC(C)(C)CC2)cn1. The van der Waals surface area contributed by atoms with Crippen molar-refractivity contribution in [3.8, 4) is 0 Å². The maximum atomic E-state index is 9.42. The first-order chi connectivity index (χ1) is 7.98. The molecule has 1 saturated heterocycles. The molecule has 1 fully saturated rings. The third-order valence-corrected chi connectivity index (χ3v) is 3.68. The maximum absolute atomic E-state index is 9.42. The van der Waals surface area contributed by atoms with E-state index in [9.17, 15) is 5.11 Å². The number of nitrogens with zero attached hydrogens (tertiary/aromatic N) is 2. The van der Waals surface area contributed by atoms with E-state index >= 15 is 0 Å². The van der Waals surface area contributed by atoms with Gasteiger partial charge >= 0.3 is 0 Å². The summed E-state index contributed by atoms with van der Waals surface area (Å²) in [6.07, 6.45) is 3.85. The van der Waals surface area contributed by atoms with Crippen molar-refractivity contribution in [1.29, 1.82) is 0 Å². The second-order valence-electron chi connectivity index (χ2n) is 5.77. The van der Waals surface area contributed by atoms with Crippen LogP contribution in [0.15, 0.2) is 18.3 Å². The van der Waals surface area contributed by atoms with Crippen molar-refractivity contribution in [2.24, 2.45) is 5.41 Å². The van der Waals surface area contributed by atoms with Crippen LogP contribution in [0.3, 0.4) is 0 Å². The molecule has 1 atom stereocenters. The number of anilines is 1. The fraction of sp³-hybridized carbons (Fsp3) is 0.643. The zero-order valence-corrected chi connectivity index (χ0v) is 11.0. The molecule has 2 rings (SSSR count). The van der Waals surface area contributed by atoms with Gasteiger partial charge in [0.05, 0.1) is 23.7 Å². The van der Waals surface area contributed by atoms with E-state index in [1.807, 2.05) is 12.3 Å². The van der Waals surface area contributed by atoms with Gasteiger partial charge in [-0.1, -0.05) is 13.8 Å². The van der Waals surface area contributed by atoms with E-state index < -0.39 is 6.10 Å². The average molecular weight is 234 g/mol. The standard InChI is InChI=1S/C14H22N2O/c1-11(17)13-5-4-12(10-15-13)16-8-6-14(2,3)7-9-16/h4-5,10-11,17H,6-9H2,1-3H3/t11-/m0/s1. The number of hydrogen-bond donors (Lipinski definition) is 1. The van der Waals surface area contributed by atoms with Gasteiger partial charge in [0.1, 0.15) is 0 Å². The first-order valence-electron chi connectivity index (χ1n) is 6.37. The maximum Gasteiger partial charge on any atom is 0.0931 e. The van der Waals surface area contributed by atoms with Crippen LogP contribution < -0.4 is 4.90 Å². The van der Waals surface area contributed by atoms with E-state index in [0.717, 1.165) is 18.8 Å². The molecule has 1 N–H and O–H groups in total. The normalized spacial score (nSPS) is 21.3. The number of aromatic nitrogens is 1. The molecule has 3 nitrogen and oxygen atoms in total. The van der Waals surface area contributed by atoms with E-state index in [1.54, 1.807) is 6.92 Å². The lowest BCUT2D eigenvalue weighted by Gasteiger charge is -2.38. The monoisotopic (exact) mass is 234 g/mol. The summed E-state index contributed by atoms with van der Waals surface area (Å²) >= 11 is 0. The third kappa shape index (κ3) is 2.97. The van der Waals surface area contributed by atoms with Gasteiger partial charge in [-0.2, -0.15) is 0 Å². The zero-order chi connectivity index (χ0) is 12.5. The summed E-state index contributed by atoms with van der Waals surface area (Å²) < 4.78 is 0. The Kier molecular flexibility index (Phi) is 3.38. The topological polar surface area (TPSA) is 36.4 Å². The lowest BCUT2D eigenvalue weighted by atomic mass is 9.82. The first kappa shape index (κ1) is 12.4. The quantitative estimate of drug-likeness (QED) is 0.854. The molecular weight excluding hydrogens is 212 g/mol. The molecule has 0 saturated carbocycles. The van der Waals surface area contributed by atoms with Crippen molar-refractivity contribution in [3.05, 3.63) is 24.0 Å². The van der Waals surface area contributed by atoms with E-state index in [4.69, 9.17) is 0 Å². The second kappa shape index (κ2) is 4.65. The van der Waals surface area contributed by atoms with E-state index in [2.05, 4.69) is 29.8 Å². The van der Waals surface area contributed by atoms with Crippen LogP contribution in [0.4, 0.5) is 5.69 Å². The van der Waals surface area contributed by atoms with Gasteiger partial charge in [-0.25, -0.2) is 0 Å². The summed E-state index contributed by atoms with van der Waals surface area (Å²) in [6, 6.07) is 3.98. The number of rotatable bonds is 2. The van der Waals surface area contributed by atoms with Crippen molar-refractivity contribution in [2.45, 2.75) is 39.7 Å². The summed E-state index contributed by atoms with van der Waals surface area (Å²) in [4.78, 5) is 6.68. The van der Waals surface area contributed by atoms with Crippen molar-refractivity contribution in [3.63, 3.8) is 0 Å². The highest BCUT2D eigenvalue weighted by Gasteiger charge is 2.25. The van der Waals surface area contributed by atoms with E-state index in [0.29, 0.717) is 5.41 Å². The van der Waals surface area contributed by atoms with Crippen LogP contribution in [0.2, 0.25) is 0 Å². The van der Waals surface area contributed by atoms with Gasteiger partial charge in [-0.15, -0.1) is 0 Å². The predicted octanol–water partition coefficient (Wildman–Crippen LogP) is 2.76. The Morgan fingerprint density at radius 2 is 1.94 bits per heavy atom. The smallest absolute Gasteiger partial charge is 0.0931 e. The number of aliphatic hydroxyl groups is 1. The Balaban J connectivity index is 2.04. The fourth-order valence-electron chi connectivity index (χ4n) is 2.20. The summed E-state index contributed by atoms with van der Waals surface area (Å²) in [5.74, 6) is 0. The van der Waals surface area contributed by atoms with Crippen molar-refractivity contribution >= 4 is 5.69 Å². The number of hydrogen-bond acceptors (Lipinski definition) is 3. The highest BCUT2D eigenvalue weighted by Crippen LogP contribution is 2.32. The van der Waals surface area contributed by atoms with Gasteiger partial charge in [0.2, 0.25) is 0 Å². The average Bonchev–Trinajstić information content (AvgIpc) is 2.29. The van der Waals surface area contributed by atoms with Gasteiger partial charge < -0.3 is 10.0 Å². The summed E-state index contributed by atoms with van der Waals surface area (Å²) in [5.41, 5.74) is 2.39. The number of piperidine rings is 1.